The van der Waals surface area contributed by atoms with E-state index in [2.05, 4.69) is 36.5 Å². The number of carbonyl (C=O) groups is 1. The van der Waals surface area contributed by atoms with Crippen molar-refractivity contribution < 1.29 is 4.79 Å². The number of carbonyl (C=O) groups excluding carboxylic acids is 1. The Hall–Kier alpha value is -1.35. The summed E-state index contributed by atoms with van der Waals surface area (Å²) in [5.74, 6) is 1.35. The maximum absolute atomic E-state index is 12.7. The molecule has 2 aliphatic carbocycles. The van der Waals surface area contributed by atoms with Crippen molar-refractivity contribution >= 4 is 5.91 Å². The van der Waals surface area contributed by atoms with Crippen molar-refractivity contribution in [1.82, 2.24) is 5.32 Å². The van der Waals surface area contributed by atoms with Crippen molar-refractivity contribution in [1.29, 1.82) is 0 Å². The summed E-state index contributed by atoms with van der Waals surface area (Å²) >= 11 is 0. The number of aryl methyl sites for hydroxylation is 1. The zero-order valence-electron chi connectivity index (χ0n) is 12.8. The highest BCUT2D eigenvalue weighted by atomic mass is 16.2. The quantitative estimate of drug-likeness (QED) is 0.874. The van der Waals surface area contributed by atoms with Gasteiger partial charge in [-0.2, -0.15) is 0 Å². The third kappa shape index (κ3) is 3.13. The standard InChI is InChI=1S/C18H26N2O/c1-12-5-2-3-7-15(12)17(13-9-10-13)20-18(21)16-8-4-6-14(16)11-19/h2-3,5,7,13-14,16-17H,4,6,8-11,19H2,1H3,(H,20,21)/t14-,16-,17?/m1/s1. The molecule has 1 aromatic rings. The molecule has 114 valence electrons. The Balaban J connectivity index is 1.74. The van der Waals surface area contributed by atoms with E-state index in [-0.39, 0.29) is 17.9 Å². The summed E-state index contributed by atoms with van der Waals surface area (Å²) in [6.07, 6.45) is 5.69. The van der Waals surface area contributed by atoms with Crippen LogP contribution in [0.1, 0.15) is 49.3 Å². The second-order valence-electron chi connectivity index (χ2n) is 6.71. The van der Waals surface area contributed by atoms with Gasteiger partial charge in [-0.15, -0.1) is 0 Å². The van der Waals surface area contributed by atoms with Crippen molar-refractivity contribution in [3.8, 4) is 0 Å². The van der Waals surface area contributed by atoms with Gasteiger partial charge in [-0.25, -0.2) is 0 Å². The maximum atomic E-state index is 12.7. The molecule has 0 aromatic heterocycles. The Morgan fingerprint density at radius 1 is 1.29 bits per heavy atom. The molecule has 0 bridgehead atoms. The highest BCUT2D eigenvalue weighted by molar-refractivity contribution is 5.80. The largest absolute Gasteiger partial charge is 0.349 e. The SMILES string of the molecule is Cc1ccccc1C(NC(=O)[C@@H]1CCC[C@@H]1CN)C1CC1. The topological polar surface area (TPSA) is 55.1 Å². The van der Waals surface area contributed by atoms with Gasteiger partial charge in [-0.1, -0.05) is 30.7 Å². The van der Waals surface area contributed by atoms with Crippen LogP contribution < -0.4 is 11.1 Å². The first-order chi connectivity index (χ1) is 10.2. The summed E-state index contributed by atoms with van der Waals surface area (Å²) in [6, 6.07) is 8.62. The predicted molar refractivity (Wildman–Crippen MR) is 84.7 cm³/mol. The molecule has 0 heterocycles. The number of hydrogen-bond acceptors (Lipinski definition) is 2. The molecule has 3 N–H and O–H groups in total. The minimum atomic E-state index is 0.125. The molecule has 0 radical (unpaired) electrons. The molecule has 1 amide bonds. The van der Waals surface area contributed by atoms with Crippen molar-refractivity contribution in [2.24, 2.45) is 23.5 Å². The Morgan fingerprint density at radius 3 is 2.71 bits per heavy atom. The van der Waals surface area contributed by atoms with Crippen LogP contribution >= 0.6 is 0 Å². The van der Waals surface area contributed by atoms with E-state index in [0.29, 0.717) is 18.4 Å². The fraction of sp³-hybridized carbons (Fsp3) is 0.611. The number of rotatable bonds is 5. The van der Waals surface area contributed by atoms with E-state index in [0.717, 1.165) is 19.3 Å². The molecule has 1 aromatic carbocycles. The van der Waals surface area contributed by atoms with E-state index < -0.39 is 0 Å². The van der Waals surface area contributed by atoms with Gasteiger partial charge in [0.2, 0.25) is 5.91 Å². The highest BCUT2D eigenvalue weighted by Crippen LogP contribution is 2.42. The van der Waals surface area contributed by atoms with Gasteiger partial charge in [-0.05, 0) is 62.1 Å². The number of nitrogens with two attached hydrogens (primary N) is 1. The lowest BCUT2D eigenvalue weighted by molar-refractivity contribution is -0.126. The summed E-state index contributed by atoms with van der Waals surface area (Å²) in [6.45, 7) is 2.77. The van der Waals surface area contributed by atoms with Crippen LogP contribution in [0.2, 0.25) is 0 Å². The van der Waals surface area contributed by atoms with Crippen LogP contribution in [0.3, 0.4) is 0 Å². The highest BCUT2D eigenvalue weighted by Gasteiger charge is 2.38. The fourth-order valence-electron chi connectivity index (χ4n) is 3.74. The maximum Gasteiger partial charge on any atom is 0.223 e. The van der Waals surface area contributed by atoms with Crippen molar-refractivity contribution in [2.75, 3.05) is 6.54 Å². The molecule has 0 spiro atoms. The normalized spacial score (nSPS) is 26.6. The first-order valence-corrected chi connectivity index (χ1v) is 8.26. The molecular formula is C18H26N2O. The van der Waals surface area contributed by atoms with Crippen LogP contribution in [0, 0.1) is 24.7 Å². The smallest absolute Gasteiger partial charge is 0.223 e. The summed E-state index contributed by atoms with van der Waals surface area (Å²) in [7, 11) is 0. The molecule has 3 rings (SSSR count). The molecule has 3 atom stereocenters. The van der Waals surface area contributed by atoms with Crippen molar-refractivity contribution in [3.63, 3.8) is 0 Å². The van der Waals surface area contributed by atoms with Crippen LogP contribution in [-0.4, -0.2) is 12.5 Å². The Kier molecular flexibility index (Phi) is 4.29. The monoisotopic (exact) mass is 286 g/mol. The fourth-order valence-corrected chi connectivity index (χ4v) is 3.74. The van der Waals surface area contributed by atoms with Gasteiger partial charge in [0, 0.05) is 5.92 Å². The Morgan fingerprint density at radius 2 is 2.05 bits per heavy atom. The number of amides is 1. The lowest BCUT2D eigenvalue weighted by Crippen LogP contribution is -2.38. The van der Waals surface area contributed by atoms with Crippen LogP contribution in [-0.2, 0) is 4.79 Å². The molecule has 2 saturated carbocycles. The molecule has 3 heteroatoms. The predicted octanol–water partition coefficient (Wildman–Crippen LogP) is 2.94. The molecule has 2 aliphatic rings. The van der Waals surface area contributed by atoms with Gasteiger partial charge in [0.15, 0.2) is 0 Å². The van der Waals surface area contributed by atoms with Crippen molar-refractivity contribution in [2.45, 2.75) is 45.1 Å². The summed E-state index contributed by atoms with van der Waals surface area (Å²) in [5.41, 5.74) is 8.38. The number of benzene rings is 1. The van der Waals surface area contributed by atoms with E-state index in [1.54, 1.807) is 0 Å². The molecule has 3 nitrogen and oxygen atoms in total. The first-order valence-electron chi connectivity index (χ1n) is 8.26. The van der Waals surface area contributed by atoms with Crippen LogP contribution in [0.5, 0.6) is 0 Å². The van der Waals surface area contributed by atoms with Crippen LogP contribution in [0.4, 0.5) is 0 Å². The van der Waals surface area contributed by atoms with Gasteiger partial charge >= 0.3 is 0 Å². The number of nitrogens with one attached hydrogen (secondary N) is 1. The molecule has 0 saturated heterocycles. The van der Waals surface area contributed by atoms with E-state index in [1.807, 2.05) is 0 Å². The summed E-state index contributed by atoms with van der Waals surface area (Å²) in [4.78, 5) is 12.7. The van der Waals surface area contributed by atoms with Gasteiger partial charge < -0.3 is 11.1 Å². The molecule has 0 aliphatic heterocycles. The molecule has 1 unspecified atom stereocenters. The summed E-state index contributed by atoms with van der Waals surface area (Å²) in [5, 5.41) is 3.35. The van der Waals surface area contributed by atoms with Gasteiger partial charge in [0.05, 0.1) is 6.04 Å². The third-order valence-electron chi connectivity index (χ3n) is 5.21. The Bertz CT molecular complexity index is 510. The van der Waals surface area contributed by atoms with Gasteiger partial charge in [0.1, 0.15) is 0 Å². The van der Waals surface area contributed by atoms with E-state index in [1.165, 1.54) is 24.0 Å². The molecule has 21 heavy (non-hydrogen) atoms. The average molecular weight is 286 g/mol. The average Bonchev–Trinajstić information content (AvgIpc) is 3.21. The lowest BCUT2D eigenvalue weighted by Gasteiger charge is -2.24. The van der Waals surface area contributed by atoms with E-state index in [9.17, 15) is 4.79 Å². The van der Waals surface area contributed by atoms with Gasteiger partial charge in [0.25, 0.3) is 0 Å². The van der Waals surface area contributed by atoms with E-state index >= 15 is 0 Å². The number of hydrogen-bond donors (Lipinski definition) is 2. The second kappa shape index (κ2) is 6.18. The summed E-state index contributed by atoms with van der Waals surface area (Å²) < 4.78 is 0. The van der Waals surface area contributed by atoms with Crippen LogP contribution in [0.15, 0.2) is 24.3 Å². The third-order valence-corrected chi connectivity index (χ3v) is 5.21. The second-order valence-corrected chi connectivity index (χ2v) is 6.71. The zero-order chi connectivity index (χ0) is 14.8. The van der Waals surface area contributed by atoms with Gasteiger partial charge in [-0.3, -0.25) is 4.79 Å². The lowest BCUT2D eigenvalue weighted by atomic mass is 9.93. The van der Waals surface area contributed by atoms with Crippen molar-refractivity contribution in [3.05, 3.63) is 35.4 Å². The molecular weight excluding hydrogens is 260 g/mol. The zero-order valence-corrected chi connectivity index (χ0v) is 12.8. The van der Waals surface area contributed by atoms with E-state index in [4.69, 9.17) is 5.73 Å². The van der Waals surface area contributed by atoms with Crippen LogP contribution in [0.25, 0.3) is 0 Å². The molecule has 2 fully saturated rings. The minimum Gasteiger partial charge on any atom is -0.349 e. The Labute approximate surface area is 127 Å². The first kappa shape index (κ1) is 14.6. The minimum absolute atomic E-state index is 0.125.